The molecule has 1 aromatic rings. The van der Waals surface area contributed by atoms with Crippen LogP contribution in [0.15, 0.2) is 19.9 Å². The average Bonchev–Trinajstić information content (AvgIpc) is 2.95. The first-order valence-corrected chi connectivity index (χ1v) is 7.33. The Labute approximate surface area is 172 Å². The number of halogens is 17. The zero-order valence-electron chi connectivity index (χ0n) is 14.8. The lowest BCUT2D eigenvalue weighted by atomic mass is 10.2. The van der Waals surface area contributed by atoms with Gasteiger partial charge in [-0.05, 0) is 0 Å². The second kappa shape index (κ2) is 8.16. The first-order chi connectivity index (χ1) is 14.6. The van der Waals surface area contributed by atoms with E-state index >= 15 is 0 Å². The fourth-order valence-electron chi connectivity index (χ4n) is 1.66. The Morgan fingerprint density at radius 2 is 1.12 bits per heavy atom. The minimum Gasteiger partial charge on any atom is -0.399 e. The third-order valence-corrected chi connectivity index (χ3v) is 3.31. The number of hydrogen-bond acceptors (Lipinski definition) is 5. The van der Waals surface area contributed by atoms with Crippen LogP contribution in [0, 0.1) is 0 Å². The van der Waals surface area contributed by atoms with Gasteiger partial charge in [-0.1, -0.05) is 0 Å². The molecule has 0 aliphatic carbocycles. The summed E-state index contributed by atoms with van der Waals surface area (Å²) < 4.78 is 230. The van der Waals surface area contributed by atoms with Crippen LogP contribution in [0.1, 0.15) is 5.76 Å². The molecule has 0 amide bonds. The average molecular weight is 550 g/mol. The summed E-state index contributed by atoms with van der Waals surface area (Å²) in [6, 6.07) is 0. The normalized spacial score (nSPS) is 17.1. The Kier molecular flexibility index (Phi) is 7.14. The highest BCUT2D eigenvalue weighted by atomic mass is 19.4. The summed E-state index contributed by atoms with van der Waals surface area (Å²) in [5, 5.41) is 0. The number of alkyl halides is 17. The van der Waals surface area contributed by atoms with Gasteiger partial charge in [0.05, 0.1) is 6.42 Å². The van der Waals surface area contributed by atoms with Gasteiger partial charge in [0, 0.05) is 0 Å². The van der Waals surface area contributed by atoms with Crippen molar-refractivity contribution in [2.24, 2.45) is 0 Å². The van der Waals surface area contributed by atoms with Crippen molar-refractivity contribution in [3.63, 3.8) is 0 Å². The Morgan fingerprint density at radius 1 is 0.647 bits per heavy atom. The van der Waals surface area contributed by atoms with Crippen LogP contribution in [0.4, 0.5) is 74.6 Å². The van der Waals surface area contributed by atoms with Crippen molar-refractivity contribution in [1.29, 1.82) is 0 Å². The maximum absolute atomic E-state index is 13.8. The molecule has 1 rings (SSSR count). The largest absolute Gasteiger partial charge is 0.518 e. The lowest BCUT2D eigenvalue weighted by molar-refractivity contribution is -0.557. The molecule has 0 saturated heterocycles. The van der Waals surface area contributed by atoms with E-state index in [4.69, 9.17) is 0 Å². The zero-order valence-corrected chi connectivity index (χ0v) is 14.8. The molecule has 0 aliphatic heterocycles. The molecule has 1 unspecified atom stereocenters. The summed E-state index contributed by atoms with van der Waals surface area (Å²) in [5.41, 5.74) is 0. The Morgan fingerprint density at radius 3 is 1.47 bits per heavy atom. The number of hydrogen-bond donors (Lipinski definition) is 0. The van der Waals surface area contributed by atoms with Crippen LogP contribution in [-0.4, -0.2) is 48.4 Å². The van der Waals surface area contributed by atoms with Crippen LogP contribution in [0.25, 0.3) is 0 Å². The van der Waals surface area contributed by atoms with Gasteiger partial charge in [-0.25, -0.2) is 9.53 Å². The van der Waals surface area contributed by atoms with Gasteiger partial charge in [0.1, 0.15) is 6.26 Å². The summed E-state index contributed by atoms with van der Waals surface area (Å²) in [7, 11) is 0. The summed E-state index contributed by atoms with van der Waals surface area (Å²) in [6.07, 6.45) is -41.2. The van der Waals surface area contributed by atoms with Crippen LogP contribution in [-0.2, 0) is 15.9 Å². The van der Waals surface area contributed by atoms with Crippen LogP contribution >= 0.6 is 0 Å². The number of rotatable bonds is 9. The second-order valence-electron chi connectivity index (χ2n) is 5.85. The quantitative estimate of drug-likeness (QED) is 0.373. The molecule has 22 heteroatoms. The molecular formula is C12H3F17O5. The predicted octanol–water partition coefficient (Wildman–Crippen LogP) is 5.65. The molecule has 0 saturated carbocycles. The van der Waals surface area contributed by atoms with Crippen molar-refractivity contribution in [2.75, 3.05) is 0 Å². The van der Waals surface area contributed by atoms with E-state index in [9.17, 15) is 79.4 Å². The maximum Gasteiger partial charge on any atom is 0.518 e. The molecule has 5 nitrogen and oxygen atoms in total. The van der Waals surface area contributed by atoms with Crippen LogP contribution in [0.5, 0.6) is 0 Å². The van der Waals surface area contributed by atoms with E-state index in [2.05, 4.69) is 8.83 Å². The van der Waals surface area contributed by atoms with Crippen molar-refractivity contribution in [3.05, 3.63) is 22.6 Å². The first kappa shape index (κ1) is 29.8. The molecule has 1 atom stereocenters. The van der Waals surface area contributed by atoms with Crippen molar-refractivity contribution in [2.45, 2.75) is 54.8 Å². The second-order valence-corrected chi connectivity index (χ2v) is 5.85. The molecule has 1 aromatic heterocycles. The molecule has 0 bridgehead atoms. The lowest BCUT2D eigenvalue weighted by Crippen LogP contribution is -2.67. The van der Waals surface area contributed by atoms with E-state index in [1.165, 1.54) is 4.74 Å². The molecule has 0 fully saturated rings. The van der Waals surface area contributed by atoms with Crippen LogP contribution < -0.4 is 5.82 Å². The molecule has 34 heavy (non-hydrogen) atoms. The number of ether oxygens (including phenoxy) is 2. The molecular weight excluding hydrogens is 547 g/mol. The standard InChI is InChI=1S/C12H3F17O5/c13-5(14,1-3-2-31-4(30)32-3)10(24,25)34-12(28,29)7(17,9(21,22)23)33-11(26,27)6(15,16)8(18,19)20/h2H,1H2. The highest BCUT2D eigenvalue weighted by molar-refractivity contribution is 4.97. The third-order valence-electron chi connectivity index (χ3n) is 3.31. The molecule has 0 N–H and O–H groups in total. The van der Waals surface area contributed by atoms with E-state index in [0.29, 0.717) is 0 Å². The van der Waals surface area contributed by atoms with Gasteiger partial charge in [-0.2, -0.15) is 74.6 Å². The Balaban J connectivity index is 3.45. The molecule has 1 heterocycles. The smallest absolute Gasteiger partial charge is 0.399 e. The van der Waals surface area contributed by atoms with Gasteiger partial charge >= 0.3 is 54.2 Å². The van der Waals surface area contributed by atoms with Crippen molar-refractivity contribution < 1.29 is 92.9 Å². The maximum atomic E-state index is 13.8. The van der Waals surface area contributed by atoms with Crippen molar-refractivity contribution in [3.8, 4) is 0 Å². The van der Waals surface area contributed by atoms with E-state index in [0.717, 1.165) is 0 Å². The highest BCUT2D eigenvalue weighted by Crippen LogP contribution is 2.56. The SMILES string of the molecule is O=c1occ(CC(F)(F)C(F)(F)OC(F)(F)C(F)(OC(F)(F)C(F)(F)C(F)(F)F)C(F)(F)F)o1. The van der Waals surface area contributed by atoms with Gasteiger partial charge in [0.2, 0.25) is 0 Å². The van der Waals surface area contributed by atoms with E-state index in [1.807, 2.05) is 0 Å². The monoisotopic (exact) mass is 550 g/mol. The fourth-order valence-corrected chi connectivity index (χ4v) is 1.66. The van der Waals surface area contributed by atoms with Gasteiger partial charge in [-0.15, -0.1) is 0 Å². The molecule has 200 valence electrons. The van der Waals surface area contributed by atoms with Crippen LogP contribution in [0.3, 0.4) is 0 Å². The van der Waals surface area contributed by atoms with Crippen molar-refractivity contribution in [1.82, 2.24) is 0 Å². The van der Waals surface area contributed by atoms with Gasteiger partial charge in [-0.3, -0.25) is 4.74 Å². The van der Waals surface area contributed by atoms with Gasteiger partial charge in [0.15, 0.2) is 5.76 Å². The highest BCUT2D eigenvalue weighted by Gasteiger charge is 2.85. The summed E-state index contributed by atoms with van der Waals surface area (Å²) in [5.74, 6) is -25.6. The fraction of sp³-hybridized carbons (Fsp3) is 0.750. The predicted molar refractivity (Wildman–Crippen MR) is 63.8 cm³/mol. The summed E-state index contributed by atoms with van der Waals surface area (Å²) in [6.45, 7) is 0. The minimum absolute atomic E-state index is 0.150. The summed E-state index contributed by atoms with van der Waals surface area (Å²) in [4.78, 5) is 10.5. The van der Waals surface area contributed by atoms with E-state index < -0.39 is 66.4 Å². The van der Waals surface area contributed by atoms with Gasteiger partial charge < -0.3 is 8.83 Å². The Hall–Kier alpha value is -2.26. The topological polar surface area (TPSA) is 61.8 Å². The molecule has 0 aliphatic rings. The minimum atomic E-state index is -8.01. The van der Waals surface area contributed by atoms with Crippen molar-refractivity contribution >= 4 is 0 Å². The molecule has 0 spiro atoms. The third kappa shape index (κ3) is 5.20. The van der Waals surface area contributed by atoms with E-state index in [1.54, 1.807) is 4.74 Å². The van der Waals surface area contributed by atoms with Gasteiger partial charge in [0.25, 0.3) is 0 Å². The Bertz CT molecular complexity index is 909. The van der Waals surface area contributed by atoms with E-state index in [-0.39, 0.29) is 6.26 Å². The zero-order chi connectivity index (χ0) is 27.4. The summed E-state index contributed by atoms with van der Waals surface area (Å²) >= 11 is 0. The van der Waals surface area contributed by atoms with Crippen LogP contribution in [0.2, 0.25) is 0 Å². The molecule has 0 radical (unpaired) electrons. The molecule has 0 aromatic carbocycles. The first-order valence-electron chi connectivity index (χ1n) is 7.33. The lowest BCUT2D eigenvalue weighted by Gasteiger charge is -2.39.